The molecule has 0 radical (unpaired) electrons. The standard InChI is InChI=1S/C7H16O3Si/c1-4-7(5-6(2)3)11(8,9)10/h7-10H,2,4-5H2,1,3H3. The van der Waals surface area contributed by atoms with Crippen molar-refractivity contribution in [1.82, 2.24) is 0 Å². The van der Waals surface area contributed by atoms with E-state index in [1.165, 1.54) is 0 Å². The van der Waals surface area contributed by atoms with E-state index in [1.807, 2.05) is 13.8 Å². The molecule has 0 aromatic carbocycles. The lowest BCUT2D eigenvalue weighted by molar-refractivity contribution is 0.207. The van der Waals surface area contributed by atoms with Crippen LogP contribution in [-0.4, -0.2) is 23.2 Å². The van der Waals surface area contributed by atoms with Gasteiger partial charge in [0.05, 0.1) is 0 Å². The second-order valence-corrected chi connectivity index (χ2v) is 5.14. The molecule has 66 valence electrons. The van der Waals surface area contributed by atoms with Crippen molar-refractivity contribution in [3.8, 4) is 0 Å². The van der Waals surface area contributed by atoms with Gasteiger partial charge in [-0.15, -0.1) is 6.58 Å². The fourth-order valence-electron chi connectivity index (χ4n) is 0.976. The van der Waals surface area contributed by atoms with Crippen LogP contribution in [0.4, 0.5) is 0 Å². The molecule has 0 aromatic heterocycles. The highest BCUT2D eigenvalue weighted by Gasteiger charge is 2.37. The highest BCUT2D eigenvalue weighted by molar-refractivity contribution is 6.58. The Morgan fingerprint density at radius 2 is 1.91 bits per heavy atom. The average molecular weight is 176 g/mol. The zero-order valence-corrected chi connectivity index (χ0v) is 8.04. The summed E-state index contributed by atoms with van der Waals surface area (Å²) in [5.41, 5.74) is 0.464. The lowest BCUT2D eigenvalue weighted by atomic mass is 10.1. The monoisotopic (exact) mass is 176 g/mol. The van der Waals surface area contributed by atoms with Crippen LogP contribution in [-0.2, 0) is 0 Å². The van der Waals surface area contributed by atoms with Crippen LogP contribution in [0.25, 0.3) is 0 Å². The van der Waals surface area contributed by atoms with Gasteiger partial charge in [0.1, 0.15) is 0 Å². The minimum absolute atomic E-state index is 0.403. The largest absolute Gasteiger partial charge is 0.496 e. The van der Waals surface area contributed by atoms with Crippen LogP contribution in [0.1, 0.15) is 26.7 Å². The summed E-state index contributed by atoms with van der Waals surface area (Å²) in [6.45, 7) is 7.27. The lowest BCUT2D eigenvalue weighted by Crippen LogP contribution is -2.40. The maximum Gasteiger partial charge on any atom is 0.496 e. The highest BCUT2D eigenvalue weighted by atomic mass is 28.4. The minimum Gasteiger partial charge on any atom is -0.390 e. The Bertz CT molecular complexity index is 139. The number of allylic oxidation sites excluding steroid dienone is 1. The highest BCUT2D eigenvalue weighted by Crippen LogP contribution is 2.25. The maximum atomic E-state index is 8.94. The smallest absolute Gasteiger partial charge is 0.390 e. The van der Waals surface area contributed by atoms with E-state index in [4.69, 9.17) is 14.4 Å². The third-order valence-electron chi connectivity index (χ3n) is 1.64. The molecule has 0 saturated heterocycles. The van der Waals surface area contributed by atoms with Crippen molar-refractivity contribution in [3.05, 3.63) is 12.2 Å². The number of hydrogen-bond acceptors (Lipinski definition) is 3. The Balaban J connectivity index is 4.07. The molecule has 4 heteroatoms. The summed E-state index contributed by atoms with van der Waals surface area (Å²) < 4.78 is 0. The van der Waals surface area contributed by atoms with E-state index >= 15 is 0 Å². The van der Waals surface area contributed by atoms with Crippen molar-refractivity contribution in [1.29, 1.82) is 0 Å². The van der Waals surface area contributed by atoms with Gasteiger partial charge < -0.3 is 14.4 Å². The molecule has 0 rings (SSSR count). The van der Waals surface area contributed by atoms with E-state index in [-0.39, 0.29) is 0 Å². The SMILES string of the molecule is C=C(C)CC(CC)[Si](O)(O)O. The topological polar surface area (TPSA) is 60.7 Å². The van der Waals surface area contributed by atoms with E-state index in [2.05, 4.69) is 6.58 Å². The van der Waals surface area contributed by atoms with Crippen molar-refractivity contribution in [3.63, 3.8) is 0 Å². The number of hydrogen-bond donors (Lipinski definition) is 3. The van der Waals surface area contributed by atoms with E-state index in [9.17, 15) is 0 Å². The van der Waals surface area contributed by atoms with Gasteiger partial charge in [0.15, 0.2) is 0 Å². The first-order valence-corrected chi connectivity index (χ1v) is 5.61. The molecule has 0 fully saturated rings. The first-order valence-electron chi connectivity index (χ1n) is 3.69. The molecule has 0 saturated carbocycles. The summed E-state index contributed by atoms with van der Waals surface area (Å²) >= 11 is 0. The van der Waals surface area contributed by atoms with Gasteiger partial charge in [0, 0.05) is 5.54 Å². The second-order valence-electron chi connectivity index (χ2n) is 2.95. The van der Waals surface area contributed by atoms with Crippen molar-refractivity contribution in [2.45, 2.75) is 32.2 Å². The Hall–Kier alpha value is -0.163. The van der Waals surface area contributed by atoms with Crippen molar-refractivity contribution in [2.75, 3.05) is 0 Å². The van der Waals surface area contributed by atoms with Gasteiger partial charge in [0.2, 0.25) is 0 Å². The molecule has 0 aliphatic carbocycles. The van der Waals surface area contributed by atoms with Gasteiger partial charge in [-0.2, -0.15) is 0 Å². The third kappa shape index (κ3) is 4.31. The molecule has 3 nitrogen and oxygen atoms in total. The first-order chi connectivity index (χ1) is 4.88. The maximum absolute atomic E-state index is 8.94. The van der Waals surface area contributed by atoms with Crippen molar-refractivity contribution in [2.24, 2.45) is 0 Å². The molecule has 0 bridgehead atoms. The minimum atomic E-state index is -3.91. The molecular formula is C7H16O3Si. The van der Waals surface area contributed by atoms with Crippen molar-refractivity contribution < 1.29 is 14.4 Å². The number of rotatable bonds is 4. The molecule has 3 N–H and O–H groups in total. The van der Waals surface area contributed by atoms with Crippen LogP contribution in [0.5, 0.6) is 0 Å². The summed E-state index contributed by atoms with van der Waals surface area (Å²) in [5, 5.41) is 0. The van der Waals surface area contributed by atoms with Gasteiger partial charge >= 0.3 is 8.80 Å². The first kappa shape index (κ1) is 10.8. The molecule has 0 amide bonds. The van der Waals surface area contributed by atoms with Gasteiger partial charge in [-0.05, 0) is 19.8 Å². The molecule has 1 unspecified atom stereocenters. The van der Waals surface area contributed by atoms with Gasteiger partial charge in [-0.25, -0.2) is 0 Å². The summed E-state index contributed by atoms with van der Waals surface area (Å²) in [6, 6.07) is 0. The molecule has 1 atom stereocenters. The molecular weight excluding hydrogens is 160 g/mol. The normalized spacial score (nSPS) is 14.6. The van der Waals surface area contributed by atoms with Crippen LogP contribution in [0.15, 0.2) is 12.2 Å². The predicted octanol–water partition coefficient (Wildman–Crippen LogP) is 0.649. The average Bonchev–Trinajstić information content (AvgIpc) is 1.79. The Kier molecular flexibility index (Phi) is 3.95. The molecule has 0 aliphatic rings. The fraction of sp³-hybridized carbons (Fsp3) is 0.714. The second kappa shape index (κ2) is 4.01. The summed E-state index contributed by atoms with van der Waals surface area (Å²) in [6.07, 6.45) is 1.06. The van der Waals surface area contributed by atoms with E-state index in [1.54, 1.807) is 0 Å². The predicted molar refractivity (Wildman–Crippen MR) is 45.9 cm³/mol. The van der Waals surface area contributed by atoms with Crippen molar-refractivity contribution >= 4 is 8.80 Å². The molecule has 11 heavy (non-hydrogen) atoms. The Morgan fingerprint density at radius 3 is 2.00 bits per heavy atom. The zero-order valence-electron chi connectivity index (χ0n) is 7.04. The van der Waals surface area contributed by atoms with E-state index in [0.29, 0.717) is 12.8 Å². The third-order valence-corrected chi connectivity index (χ3v) is 3.34. The van der Waals surface area contributed by atoms with Gasteiger partial charge in [-0.3, -0.25) is 0 Å². The van der Waals surface area contributed by atoms with Gasteiger partial charge in [-0.1, -0.05) is 12.5 Å². The zero-order chi connectivity index (χ0) is 9.07. The van der Waals surface area contributed by atoms with Crippen LogP contribution in [0.3, 0.4) is 0 Å². The van der Waals surface area contributed by atoms with Crippen LogP contribution in [0, 0.1) is 0 Å². The summed E-state index contributed by atoms with van der Waals surface area (Å²) in [5.74, 6) is 0. The molecule has 0 aromatic rings. The summed E-state index contributed by atoms with van der Waals surface area (Å²) in [4.78, 5) is 26.8. The van der Waals surface area contributed by atoms with E-state index in [0.717, 1.165) is 5.57 Å². The Morgan fingerprint density at radius 1 is 1.45 bits per heavy atom. The molecule has 0 heterocycles. The van der Waals surface area contributed by atoms with E-state index < -0.39 is 14.3 Å². The summed E-state index contributed by atoms with van der Waals surface area (Å²) in [7, 11) is -3.91. The lowest BCUT2D eigenvalue weighted by Gasteiger charge is -2.20. The van der Waals surface area contributed by atoms with Crippen LogP contribution >= 0.6 is 0 Å². The Labute approximate surface area is 68.4 Å². The molecule has 0 spiro atoms. The fourth-order valence-corrected chi connectivity index (χ4v) is 2.15. The quantitative estimate of drug-likeness (QED) is 0.435. The van der Waals surface area contributed by atoms with Crippen LogP contribution in [0.2, 0.25) is 5.54 Å². The van der Waals surface area contributed by atoms with Gasteiger partial charge in [0.25, 0.3) is 0 Å². The van der Waals surface area contributed by atoms with Crippen LogP contribution < -0.4 is 0 Å². The molecule has 0 aliphatic heterocycles.